The Kier molecular flexibility index (Phi) is 5.06. The molecule has 0 aliphatic carbocycles. The summed E-state index contributed by atoms with van der Waals surface area (Å²) in [6.07, 6.45) is 0.163. The highest BCUT2D eigenvalue weighted by molar-refractivity contribution is 5.84. The van der Waals surface area contributed by atoms with Gasteiger partial charge in [0.15, 0.2) is 17.4 Å². The van der Waals surface area contributed by atoms with E-state index < -0.39 is 6.09 Å². The van der Waals surface area contributed by atoms with E-state index in [1.165, 1.54) is 0 Å². The highest BCUT2D eigenvalue weighted by atomic mass is 16.6. The van der Waals surface area contributed by atoms with Crippen molar-refractivity contribution in [1.82, 2.24) is 24.6 Å². The van der Waals surface area contributed by atoms with Gasteiger partial charge in [-0.3, -0.25) is 5.32 Å². The lowest BCUT2D eigenvalue weighted by molar-refractivity contribution is 0.115. The summed E-state index contributed by atoms with van der Waals surface area (Å²) < 4.78 is 12.9. The maximum Gasteiger partial charge on any atom is 0.413 e. The number of amides is 1. The first-order chi connectivity index (χ1) is 13.9. The molecular formula is C20H24N6O3. The predicted molar refractivity (Wildman–Crippen MR) is 107 cm³/mol. The number of aryl methyl sites for hydroxylation is 3. The first-order valence-electron chi connectivity index (χ1n) is 9.53. The van der Waals surface area contributed by atoms with Crippen LogP contribution in [-0.2, 0) is 4.74 Å². The van der Waals surface area contributed by atoms with Crippen LogP contribution in [0.3, 0.4) is 0 Å². The number of carbonyl (C=O) groups excluding carboxylic acids is 1. The molecule has 0 radical (unpaired) electrons. The highest BCUT2D eigenvalue weighted by Gasteiger charge is 2.23. The van der Waals surface area contributed by atoms with Gasteiger partial charge in [0.2, 0.25) is 0 Å². The van der Waals surface area contributed by atoms with Crippen LogP contribution in [0.1, 0.15) is 23.6 Å². The Morgan fingerprint density at radius 3 is 2.69 bits per heavy atom. The minimum absolute atomic E-state index is 0.121. The van der Waals surface area contributed by atoms with Crippen LogP contribution in [0.25, 0.3) is 17.4 Å². The zero-order valence-corrected chi connectivity index (χ0v) is 17.0. The van der Waals surface area contributed by atoms with E-state index in [2.05, 4.69) is 25.3 Å². The van der Waals surface area contributed by atoms with Crippen LogP contribution in [0, 0.1) is 20.8 Å². The third-order valence-electron chi connectivity index (χ3n) is 4.75. The van der Waals surface area contributed by atoms with Gasteiger partial charge in [-0.2, -0.15) is 5.10 Å². The molecule has 1 saturated heterocycles. The van der Waals surface area contributed by atoms with Gasteiger partial charge in [-0.05, 0) is 52.4 Å². The number of likely N-dealkylation sites (N-methyl/N-ethyl adjacent to an activating group) is 1. The second-order valence-electron chi connectivity index (χ2n) is 7.39. The number of aromatic nitrogens is 4. The van der Waals surface area contributed by atoms with Crippen LogP contribution < -0.4 is 5.32 Å². The van der Waals surface area contributed by atoms with Gasteiger partial charge in [-0.15, -0.1) is 0 Å². The molecule has 4 heterocycles. The van der Waals surface area contributed by atoms with E-state index in [9.17, 15) is 4.79 Å². The first-order valence-corrected chi connectivity index (χ1v) is 9.53. The Labute approximate surface area is 168 Å². The largest absolute Gasteiger partial charge is 0.458 e. The summed E-state index contributed by atoms with van der Waals surface area (Å²) in [6, 6.07) is 7.26. The minimum Gasteiger partial charge on any atom is -0.458 e. The Morgan fingerprint density at radius 1 is 1.24 bits per heavy atom. The lowest BCUT2D eigenvalue weighted by Crippen LogP contribution is -2.25. The monoisotopic (exact) mass is 396 g/mol. The average molecular weight is 396 g/mol. The molecule has 0 aromatic carbocycles. The molecule has 0 bridgehead atoms. The van der Waals surface area contributed by atoms with Gasteiger partial charge >= 0.3 is 6.09 Å². The second kappa shape index (κ2) is 7.67. The van der Waals surface area contributed by atoms with Crippen molar-refractivity contribution in [2.24, 2.45) is 0 Å². The van der Waals surface area contributed by atoms with E-state index in [-0.39, 0.29) is 6.10 Å². The topological polar surface area (TPSA) is 98.3 Å². The van der Waals surface area contributed by atoms with Crippen molar-refractivity contribution in [3.8, 4) is 17.4 Å². The molecule has 1 aliphatic heterocycles. The summed E-state index contributed by atoms with van der Waals surface area (Å²) in [5.74, 6) is 2.48. The first kappa shape index (κ1) is 19.1. The van der Waals surface area contributed by atoms with Gasteiger partial charge in [0, 0.05) is 24.8 Å². The average Bonchev–Trinajstić information content (AvgIpc) is 3.35. The van der Waals surface area contributed by atoms with Crippen molar-refractivity contribution < 1.29 is 13.9 Å². The fourth-order valence-electron chi connectivity index (χ4n) is 3.41. The molecule has 1 aliphatic rings. The van der Waals surface area contributed by atoms with Crippen LogP contribution in [0.5, 0.6) is 0 Å². The maximum absolute atomic E-state index is 12.4. The van der Waals surface area contributed by atoms with Crippen molar-refractivity contribution in [1.29, 1.82) is 0 Å². The molecule has 3 aromatic rings. The number of nitrogens with one attached hydrogen (secondary N) is 1. The fraction of sp³-hybridized carbons (Fsp3) is 0.400. The number of hydrogen-bond acceptors (Lipinski definition) is 7. The molecule has 1 N–H and O–H groups in total. The molecular weight excluding hydrogens is 372 g/mol. The van der Waals surface area contributed by atoms with Crippen LogP contribution in [0.2, 0.25) is 0 Å². The van der Waals surface area contributed by atoms with Crippen molar-refractivity contribution in [2.45, 2.75) is 33.3 Å². The number of carbonyl (C=O) groups is 1. The van der Waals surface area contributed by atoms with Crippen molar-refractivity contribution in [3.63, 3.8) is 0 Å². The van der Waals surface area contributed by atoms with Crippen LogP contribution in [-0.4, -0.2) is 57.0 Å². The summed E-state index contributed by atoms with van der Waals surface area (Å²) in [7, 11) is 2.00. The summed E-state index contributed by atoms with van der Waals surface area (Å²) in [4.78, 5) is 23.5. The van der Waals surface area contributed by atoms with Gasteiger partial charge in [0.25, 0.3) is 0 Å². The molecule has 9 heteroatoms. The van der Waals surface area contributed by atoms with E-state index in [4.69, 9.17) is 9.15 Å². The van der Waals surface area contributed by atoms with Gasteiger partial charge < -0.3 is 14.1 Å². The summed E-state index contributed by atoms with van der Waals surface area (Å²) >= 11 is 0. The lowest BCUT2D eigenvalue weighted by atomic mass is 10.3. The number of hydrogen-bond donors (Lipinski definition) is 1. The zero-order chi connectivity index (χ0) is 20.5. The Balaban J connectivity index is 1.64. The van der Waals surface area contributed by atoms with Crippen LogP contribution >= 0.6 is 0 Å². The van der Waals surface area contributed by atoms with Crippen molar-refractivity contribution >= 4 is 11.9 Å². The third kappa shape index (κ3) is 4.29. The van der Waals surface area contributed by atoms with Crippen LogP contribution in [0.15, 0.2) is 28.7 Å². The normalized spacial score (nSPS) is 16.9. The summed E-state index contributed by atoms with van der Waals surface area (Å²) in [6.45, 7) is 7.34. The number of furan rings is 1. The SMILES string of the molecule is Cc1cc(C)n(-c2cc(NC(=O)O[C@H]3CCN(C)C3)nc(-c3ccc(C)o3)n2)n1. The van der Waals surface area contributed by atoms with Gasteiger partial charge in [0.05, 0.1) is 5.69 Å². The predicted octanol–water partition coefficient (Wildman–Crippen LogP) is 3.10. The molecule has 1 amide bonds. The lowest BCUT2D eigenvalue weighted by Gasteiger charge is -2.13. The molecule has 9 nitrogen and oxygen atoms in total. The highest BCUT2D eigenvalue weighted by Crippen LogP contribution is 2.23. The van der Waals surface area contributed by atoms with Crippen LogP contribution in [0.4, 0.5) is 10.6 Å². The molecule has 0 saturated carbocycles. The van der Waals surface area contributed by atoms with Crippen molar-refractivity contribution in [3.05, 3.63) is 41.4 Å². The summed E-state index contributed by atoms with van der Waals surface area (Å²) in [5.41, 5.74) is 1.79. The molecule has 3 aromatic heterocycles. The van der Waals surface area contributed by atoms with Gasteiger partial charge in [-0.25, -0.2) is 19.4 Å². The van der Waals surface area contributed by atoms with Crippen molar-refractivity contribution in [2.75, 3.05) is 25.5 Å². The van der Waals surface area contributed by atoms with Gasteiger partial charge in [-0.1, -0.05) is 0 Å². The Morgan fingerprint density at radius 2 is 2.07 bits per heavy atom. The zero-order valence-electron chi connectivity index (χ0n) is 17.0. The minimum atomic E-state index is -0.537. The number of anilines is 1. The fourth-order valence-corrected chi connectivity index (χ4v) is 3.41. The standard InChI is InChI=1S/C20H24N6O3/c1-12-9-13(2)26(24-12)18-10-17(21-19(23-18)16-6-5-14(3)28-16)22-20(27)29-15-7-8-25(4)11-15/h5-6,9-10,15H,7-8,11H2,1-4H3,(H,21,22,23,27)/t15-/m0/s1. The number of nitrogens with zero attached hydrogens (tertiary/aromatic N) is 5. The molecule has 4 rings (SSSR count). The van der Waals surface area contributed by atoms with Gasteiger partial charge in [0.1, 0.15) is 17.7 Å². The molecule has 152 valence electrons. The quantitative estimate of drug-likeness (QED) is 0.723. The molecule has 0 spiro atoms. The summed E-state index contributed by atoms with van der Waals surface area (Å²) in [5, 5.41) is 7.20. The van der Waals surface area contributed by atoms with E-state index in [0.29, 0.717) is 23.2 Å². The molecule has 29 heavy (non-hydrogen) atoms. The molecule has 0 unspecified atom stereocenters. The Bertz CT molecular complexity index is 1040. The van der Waals surface area contributed by atoms with E-state index in [1.807, 2.05) is 40.0 Å². The Hall–Kier alpha value is -3.20. The smallest absolute Gasteiger partial charge is 0.413 e. The third-order valence-corrected chi connectivity index (χ3v) is 4.75. The second-order valence-corrected chi connectivity index (χ2v) is 7.39. The number of rotatable bonds is 4. The molecule has 1 atom stereocenters. The van der Waals surface area contributed by atoms with E-state index >= 15 is 0 Å². The van der Waals surface area contributed by atoms with E-state index in [1.54, 1.807) is 16.8 Å². The van der Waals surface area contributed by atoms with E-state index in [0.717, 1.165) is 36.7 Å². The number of likely N-dealkylation sites (tertiary alicyclic amines) is 1. The number of ether oxygens (including phenoxy) is 1. The molecule has 1 fully saturated rings. The maximum atomic E-state index is 12.4.